The second-order valence-electron chi connectivity index (χ2n) is 5.13. The zero-order valence-electron chi connectivity index (χ0n) is 8.66. The van der Waals surface area contributed by atoms with Gasteiger partial charge in [-0.1, -0.05) is 24.2 Å². The van der Waals surface area contributed by atoms with Gasteiger partial charge in [0.2, 0.25) is 0 Å². The lowest BCUT2D eigenvalue weighted by Crippen LogP contribution is -2.42. The van der Waals surface area contributed by atoms with Crippen LogP contribution in [0, 0.1) is 5.41 Å². The topological polar surface area (TPSA) is 54.2 Å². The molecule has 0 radical (unpaired) electrons. The van der Waals surface area contributed by atoms with E-state index in [9.17, 15) is 0 Å². The Labute approximate surface area is 83.6 Å². The van der Waals surface area contributed by atoms with Crippen molar-refractivity contribution < 1.29 is 10.0 Å². The lowest BCUT2D eigenvalue weighted by atomic mass is 9.68. The largest absolute Gasteiger partial charge is 0.411 e. The fraction of sp³-hybridized carbons (Fsp3) is 0.800. The van der Waals surface area contributed by atoms with Gasteiger partial charge in [0, 0.05) is 19.1 Å². The minimum Gasteiger partial charge on any atom is -0.411 e. The maximum absolute atomic E-state index is 8.86. The number of oxime groups is 2. The second-order valence-corrected chi connectivity index (χ2v) is 5.13. The highest BCUT2D eigenvalue weighted by Gasteiger charge is 2.46. The van der Waals surface area contributed by atoms with Crippen LogP contribution >= 0.6 is 0 Å². The Hall–Kier alpha value is -1.06. The van der Waals surface area contributed by atoms with Gasteiger partial charge in [-0.2, -0.15) is 0 Å². The summed E-state index contributed by atoms with van der Waals surface area (Å²) in [6.45, 7) is 4.33. The third-order valence-corrected chi connectivity index (χ3v) is 2.94. The van der Waals surface area contributed by atoms with Gasteiger partial charge in [0.1, 0.15) is 5.60 Å². The molecule has 0 aromatic heterocycles. The minimum absolute atomic E-state index is 0.132. The molecule has 1 atom stereocenters. The van der Waals surface area contributed by atoms with E-state index in [0.29, 0.717) is 6.42 Å². The van der Waals surface area contributed by atoms with Crippen molar-refractivity contribution in [1.82, 2.24) is 0 Å². The van der Waals surface area contributed by atoms with Crippen molar-refractivity contribution in [3.63, 3.8) is 0 Å². The molecule has 2 rings (SSSR count). The standard InChI is InChI=1S/C10H16N2O2/c1-9(2)5-8(12-13)6-10(7-9)3-4-11-14-10/h4,13H,3,5-7H2,1-2H3/b12-8-/t10-/m1/s1. The molecule has 1 fully saturated rings. The molecule has 0 unspecified atom stereocenters. The van der Waals surface area contributed by atoms with E-state index in [2.05, 4.69) is 24.2 Å². The van der Waals surface area contributed by atoms with Crippen LogP contribution in [0.25, 0.3) is 0 Å². The molecule has 0 saturated heterocycles. The van der Waals surface area contributed by atoms with Gasteiger partial charge in [0.15, 0.2) is 0 Å². The third-order valence-electron chi connectivity index (χ3n) is 2.94. The van der Waals surface area contributed by atoms with Gasteiger partial charge in [-0.3, -0.25) is 0 Å². The summed E-state index contributed by atoms with van der Waals surface area (Å²) in [6.07, 6.45) is 5.15. The zero-order chi connectivity index (χ0) is 10.2. The SMILES string of the molecule is CC1(C)C/C(=N/O)C[C@]2(CC=NO2)C1. The molecule has 4 heteroatoms. The quantitative estimate of drug-likeness (QED) is 0.477. The van der Waals surface area contributed by atoms with E-state index in [1.807, 2.05) is 0 Å². The van der Waals surface area contributed by atoms with Crippen LogP contribution in [0.2, 0.25) is 0 Å². The molecular formula is C10H16N2O2. The second kappa shape index (κ2) is 2.97. The van der Waals surface area contributed by atoms with Crippen LogP contribution in [0.15, 0.2) is 10.3 Å². The monoisotopic (exact) mass is 196 g/mol. The first-order valence-corrected chi connectivity index (χ1v) is 4.95. The maximum Gasteiger partial charge on any atom is 0.148 e. The number of nitrogens with zero attached hydrogens (tertiary/aromatic N) is 2. The van der Waals surface area contributed by atoms with Crippen LogP contribution in [0.3, 0.4) is 0 Å². The number of hydrogen-bond donors (Lipinski definition) is 1. The fourth-order valence-electron chi connectivity index (χ4n) is 2.65. The van der Waals surface area contributed by atoms with Gasteiger partial charge in [0.25, 0.3) is 0 Å². The Bertz CT molecular complexity index is 286. The molecule has 1 saturated carbocycles. The van der Waals surface area contributed by atoms with Gasteiger partial charge >= 0.3 is 0 Å². The van der Waals surface area contributed by atoms with Crippen LogP contribution in [0.1, 0.15) is 39.5 Å². The van der Waals surface area contributed by atoms with E-state index in [1.54, 1.807) is 6.21 Å². The molecule has 4 nitrogen and oxygen atoms in total. The molecule has 0 aromatic carbocycles. The Morgan fingerprint density at radius 3 is 2.86 bits per heavy atom. The first-order valence-electron chi connectivity index (χ1n) is 4.95. The molecule has 1 spiro atoms. The lowest BCUT2D eigenvalue weighted by molar-refractivity contribution is -0.0516. The summed E-state index contributed by atoms with van der Waals surface area (Å²) in [4.78, 5) is 5.43. The molecule has 0 aromatic rings. The summed E-state index contributed by atoms with van der Waals surface area (Å²) < 4.78 is 0. The van der Waals surface area contributed by atoms with Crippen molar-refractivity contribution in [2.75, 3.05) is 0 Å². The van der Waals surface area contributed by atoms with E-state index in [0.717, 1.165) is 25.0 Å². The smallest absolute Gasteiger partial charge is 0.148 e. The van der Waals surface area contributed by atoms with Gasteiger partial charge in [-0.15, -0.1) is 0 Å². The molecule has 1 aliphatic heterocycles. The first kappa shape index (κ1) is 9.49. The highest BCUT2D eigenvalue weighted by molar-refractivity contribution is 5.87. The van der Waals surface area contributed by atoms with Crippen molar-refractivity contribution in [2.24, 2.45) is 15.7 Å². The van der Waals surface area contributed by atoms with Crippen molar-refractivity contribution in [2.45, 2.75) is 45.1 Å². The predicted octanol–water partition coefficient (Wildman–Crippen LogP) is 2.17. The van der Waals surface area contributed by atoms with Gasteiger partial charge in [-0.05, 0) is 18.3 Å². The molecule has 14 heavy (non-hydrogen) atoms. The Balaban J connectivity index is 2.21. The van der Waals surface area contributed by atoms with Gasteiger partial charge < -0.3 is 10.0 Å². The van der Waals surface area contributed by atoms with Gasteiger partial charge in [0.05, 0.1) is 5.71 Å². The highest BCUT2D eigenvalue weighted by atomic mass is 16.7. The minimum atomic E-state index is -0.233. The van der Waals surface area contributed by atoms with Crippen LogP contribution in [0.4, 0.5) is 0 Å². The first-order chi connectivity index (χ1) is 6.55. The molecule has 0 bridgehead atoms. The predicted molar refractivity (Wildman–Crippen MR) is 53.8 cm³/mol. The molecule has 78 valence electrons. The fourth-order valence-corrected chi connectivity index (χ4v) is 2.65. The Morgan fingerprint density at radius 2 is 2.29 bits per heavy atom. The Kier molecular flexibility index (Phi) is 2.01. The van der Waals surface area contributed by atoms with Crippen LogP contribution < -0.4 is 0 Å². The molecule has 1 aliphatic carbocycles. The molecule has 2 aliphatic rings. The van der Waals surface area contributed by atoms with E-state index in [-0.39, 0.29) is 11.0 Å². The highest BCUT2D eigenvalue weighted by Crippen LogP contribution is 2.44. The average Bonchev–Trinajstić information content (AvgIpc) is 2.49. The molecular weight excluding hydrogens is 180 g/mol. The van der Waals surface area contributed by atoms with E-state index in [4.69, 9.17) is 10.0 Å². The summed E-state index contributed by atoms with van der Waals surface area (Å²) in [5.74, 6) is 0. The van der Waals surface area contributed by atoms with Crippen LogP contribution in [0.5, 0.6) is 0 Å². The van der Waals surface area contributed by atoms with Crippen molar-refractivity contribution >= 4 is 11.9 Å². The van der Waals surface area contributed by atoms with E-state index in [1.165, 1.54) is 0 Å². The van der Waals surface area contributed by atoms with E-state index >= 15 is 0 Å². The van der Waals surface area contributed by atoms with Crippen molar-refractivity contribution in [3.8, 4) is 0 Å². The molecule has 1 heterocycles. The third kappa shape index (κ3) is 1.61. The summed E-state index contributed by atoms with van der Waals surface area (Å²) in [5.41, 5.74) is 0.725. The summed E-state index contributed by atoms with van der Waals surface area (Å²) in [5, 5.41) is 16.0. The molecule has 0 amide bonds. The van der Waals surface area contributed by atoms with Crippen LogP contribution in [-0.4, -0.2) is 22.7 Å². The number of hydrogen-bond acceptors (Lipinski definition) is 4. The summed E-state index contributed by atoms with van der Waals surface area (Å²) in [7, 11) is 0. The van der Waals surface area contributed by atoms with Crippen LogP contribution in [-0.2, 0) is 4.84 Å². The molecule has 1 N–H and O–H groups in total. The zero-order valence-corrected chi connectivity index (χ0v) is 8.66. The van der Waals surface area contributed by atoms with Gasteiger partial charge in [-0.25, -0.2) is 0 Å². The summed E-state index contributed by atoms with van der Waals surface area (Å²) in [6, 6.07) is 0. The normalized spacial score (nSPS) is 37.7. The summed E-state index contributed by atoms with van der Waals surface area (Å²) >= 11 is 0. The lowest BCUT2D eigenvalue weighted by Gasteiger charge is -2.40. The average molecular weight is 196 g/mol. The maximum atomic E-state index is 8.86. The number of rotatable bonds is 0. The van der Waals surface area contributed by atoms with Crippen molar-refractivity contribution in [3.05, 3.63) is 0 Å². The van der Waals surface area contributed by atoms with Crippen molar-refractivity contribution in [1.29, 1.82) is 0 Å². The van der Waals surface area contributed by atoms with E-state index < -0.39 is 0 Å². The Morgan fingerprint density at radius 1 is 1.50 bits per heavy atom.